The van der Waals surface area contributed by atoms with E-state index in [4.69, 9.17) is 9.47 Å². The lowest BCUT2D eigenvalue weighted by Crippen LogP contribution is -2.46. The van der Waals surface area contributed by atoms with Crippen molar-refractivity contribution in [3.05, 3.63) is 0 Å². The van der Waals surface area contributed by atoms with Gasteiger partial charge in [-0.25, -0.2) is 4.79 Å². The Kier molecular flexibility index (Phi) is 9.06. The molecule has 1 aliphatic heterocycles. The summed E-state index contributed by atoms with van der Waals surface area (Å²) in [4.78, 5) is 37.5. The van der Waals surface area contributed by atoms with Gasteiger partial charge in [-0.15, -0.1) is 11.8 Å². The second-order valence-electron chi connectivity index (χ2n) is 5.43. The number of ether oxygens (including phenoxy) is 2. The molecule has 1 fully saturated rings. The van der Waals surface area contributed by atoms with Crippen LogP contribution in [0.25, 0.3) is 0 Å². The van der Waals surface area contributed by atoms with Crippen LogP contribution in [0.1, 0.15) is 52.4 Å². The molecule has 2 atom stereocenters. The van der Waals surface area contributed by atoms with Gasteiger partial charge in [-0.1, -0.05) is 26.2 Å². The predicted octanol–water partition coefficient (Wildman–Crippen LogP) is 2.35. The third-order valence-corrected chi connectivity index (χ3v) is 5.11. The van der Waals surface area contributed by atoms with E-state index in [1.807, 2.05) is 0 Å². The summed E-state index contributed by atoms with van der Waals surface area (Å²) in [7, 11) is 1.33. The monoisotopic (exact) mass is 345 g/mol. The van der Waals surface area contributed by atoms with Gasteiger partial charge in [0.2, 0.25) is 5.91 Å². The minimum Gasteiger partial charge on any atom is -0.467 e. The molecule has 1 heterocycles. The number of esters is 2. The fourth-order valence-electron chi connectivity index (χ4n) is 2.58. The first kappa shape index (κ1) is 19.8. The maximum Gasteiger partial charge on any atom is 0.329 e. The summed E-state index contributed by atoms with van der Waals surface area (Å²) >= 11 is 1.61. The van der Waals surface area contributed by atoms with Crippen molar-refractivity contribution in [3.63, 3.8) is 0 Å². The van der Waals surface area contributed by atoms with E-state index in [9.17, 15) is 14.4 Å². The zero-order valence-electron chi connectivity index (χ0n) is 14.2. The molecule has 0 aliphatic carbocycles. The quantitative estimate of drug-likeness (QED) is 0.472. The maximum atomic E-state index is 12.5. The first-order valence-electron chi connectivity index (χ1n) is 8.21. The van der Waals surface area contributed by atoms with Crippen LogP contribution in [0.5, 0.6) is 0 Å². The van der Waals surface area contributed by atoms with E-state index in [2.05, 4.69) is 6.92 Å². The molecular weight excluding hydrogens is 318 g/mol. The molecule has 0 spiro atoms. The Balaban J connectivity index is 2.68. The fourth-order valence-corrected chi connectivity index (χ4v) is 4.04. The van der Waals surface area contributed by atoms with E-state index < -0.39 is 6.04 Å². The minimum absolute atomic E-state index is 0.0136. The molecule has 0 aromatic rings. The van der Waals surface area contributed by atoms with Crippen molar-refractivity contribution < 1.29 is 23.9 Å². The first-order chi connectivity index (χ1) is 11.0. The number of carbonyl (C=O) groups excluding carboxylic acids is 3. The molecule has 1 amide bonds. The fraction of sp³-hybridized carbons (Fsp3) is 0.812. The molecule has 1 saturated heterocycles. The third-order valence-electron chi connectivity index (χ3n) is 3.76. The van der Waals surface area contributed by atoms with Crippen molar-refractivity contribution in [1.29, 1.82) is 0 Å². The number of unbranched alkanes of at least 4 members (excludes halogenated alkanes) is 2. The second-order valence-corrected chi connectivity index (χ2v) is 6.64. The highest BCUT2D eigenvalue weighted by Gasteiger charge is 2.41. The molecule has 1 rings (SSSR count). The average Bonchev–Trinajstić information content (AvgIpc) is 2.96. The molecule has 0 bridgehead atoms. The van der Waals surface area contributed by atoms with Crippen molar-refractivity contribution in [2.24, 2.45) is 0 Å². The molecule has 7 heteroatoms. The van der Waals surface area contributed by atoms with Gasteiger partial charge >= 0.3 is 11.9 Å². The zero-order valence-corrected chi connectivity index (χ0v) is 15.0. The molecule has 0 N–H and O–H groups in total. The van der Waals surface area contributed by atoms with E-state index in [-0.39, 0.29) is 36.1 Å². The van der Waals surface area contributed by atoms with E-state index in [0.717, 1.165) is 25.7 Å². The zero-order chi connectivity index (χ0) is 17.2. The van der Waals surface area contributed by atoms with Crippen LogP contribution in [0.2, 0.25) is 0 Å². The van der Waals surface area contributed by atoms with Gasteiger partial charge in [0.15, 0.2) is 0 Å². The van der Waals surface area contributed by atoms with Gasteiger partial charge in [-0.2, -0.15) is 0 Å². The number of amides is 1. The molecule has 132 valence electrons. The maximum absolute atomic E-state index is 12.5. The number of hydrogen-bond acceptors (Lipinski definition) is 6. The highest BCUT2D eigenvalue weighted by Crippen LogP contribution is 2.33. The first-order valence-corrected chi connectivity index (χ1v) is 9.26. The van der Waals surface area contributed by atoms with Crippen molar-refractivity contribution in [3.8, 4) is 0 Å². The standard InChI is InChI=1S/C16H27NO5S/c1-4-6-7-8-14-17(12(11-23-14)16(20)21-3)13(18)9-10-15(19)22-5-2/h12,14H,4-11H2,1-3H3. The molecule has 1 aliphatic rings. The Morgan fingerprint density at radius 1 is 1.17 bits per heavy atom. The van der Waals surface area contributed by atoms with Crippen molar-refractivity contribution in [2.45, 2.75) is 63.8 Å². The molecule has 0 aromatic heterocycles. The number of methoxy groups -OCH3 is 1. The molecule has 6 nitrogen and oxygen atoms in total. The highest BCUT2D eigenvalue weighted by molar-refractivity contribution is 8.00. The highest BCUT2D eigenvalue weighted by atomic mass is 32.2. The van der Waals surface area contributed by atoms with Crippen LogP contribution in [-0.4, -0.2) is 53.6 Å². The summed E-state index contributed by atoms with van der Waals surface area (Å²) < 4.78 is 9.67. The smallest absolute Gasteiger partial charge is 0.329 e. The minimum atomic E-state index is -0.550. The summed E-state index contributed by atoms with van der Waals surface area (Å²) in [6.45, 7) is 4.16. The molecule has 0 aromatic carbocycles. The topological polar surface area (TPSA) is 72.9 Å². The summed E-state index contributed by atoms with van der Waals surface area (Å²) in [5.74, 6) is -0.404. The summed E-state index contributed by atoms with van der Waals surface area (Å²) in [5, 5.41) is -0.0136. The van der Waals surface area contributed by atoms with Crippen LogP contribution in [0, 0.1) is 0 Å². The predicted molar refractivity (Wildman–Crippen MR) is 88.9 cm³/mol. The number of hydrogen-bond donors (Lipinski definition) is 0. The molecule has 23 heavy (non-hydrogen) atoms. The van der Waals surface area contributed by atoms with Crippen molar-refractivity contribution in [2.75, 3.05) is 19.5 Å². The normalized spacial score (nSPS) is 20.4. The number of nitrogens with zero attached hydrogens (tertiary/aromatic N) is 1. The van der Waals surface area contributed by atoms with Crippen molar-refractivity contribution in [1.82, 2.24) is 4.90 Å². The SMILES string of the molecule is CCCCCC1SCC(C(=O)OC)N1C(=O)CCC(=O)OCC. The van der Waals surface area contributed by atoms with E-state index in [1.54, 1.807) is 23.6 Å². The van der Waals surface area contributed by atoms with Gasteiger partial charge in [0.05, 0.1) is 25.5 Å². The number of rotatable bonds is 9. The van der Waals surface area contributed by atoms with Crippen LogP contribution in [-0.2, 0) is 23.9 Å². The molecule has 0 saturated carbocycles. The van der Waals surface area contributed by atoms with Crippen LogP contribution in [0.15, 0.2) is 0 Å². The van der Waals surface area contributed by atoms with E-state index in [0.29, 0.717) is 12.4 Å². The van der Waals surface area contributed by atoms with Gasteiger partial charge < -0.3 is 14.4 Å². The Morgan fingerprint density at radius 3 is 2.52 bits per heavy atom. The summed E-state index contributed by atoms with van der Waals surface area (Å²) in [6, 6.07) is -0.550. The Labute approximate surface area is 142 Å². The van der Waals surface area contributed by atoms with Crippen LogP contribution >= 0.6 is 11.8 Å². The Morgan fingerprint density at radius 2 is 1.91 bits per heavy atom. The lowest BCUT2D eigenvalue weighted by atomic mass is 10.1. The summed E-state index contributed by atoms with van der Waals surface area (Å²) in [5.41, 5.74) is 0. The third kappa shape index (κ3) is 6.05. The van der Waals surface area contributed by atoms with Gasteiger partial charge in [0, 0.05) is 12.2 Å². The lowest BCUT2D eigenvalue weighted by molar-refractivity contribution is -0.152. The van der Waals surface area contributed by atoms with Crippen LogP contribution in [0.3, 0.4) is 0 Å². The van der Waals surface area contributed by atoms with E-state index >= 15 is 0 Å². The van der Waals surface area contributed by atoms with Crippen molar-refractivity contribution >= 4 is 29.6 Å². The molecule has 2 unspecified atom stereocenters. The molecule has 0 radical (unpaired) electrons. The second kappa shape index (κ2) is 10.5. The number of thioether (sulfide) groups is 1. The summed E-state index contributed by atoms with van der Waals surface area (Å²) in [6.07, 6.45) is 4.20. The van der Waals surface area contributed by atoms with E-state index in [1.165, 1.54) is 7.11 Å². The van der Waals surface area contributed by atoms with Crippen LogP contribution in [0.4, 0.5) is 0 Å². The Bertz CT molecular complexity index is 415. The Hall–Kier alpha value is -1.24. The lowest BCUT2D eigenvalue weighted by Gasteiger charge is -2.28. The van der Waals surface area contributed by atoms with Gasteiger partial charge in [-0.05, 0) is 13.3 Å². The van der Waals surface area contributed by atoms with Gasteiger partial charge in [0.25, 0.3) is 0 Å². The largest absolute Gasteiger partial charge is 0.467 e. The number of carbonyl (C=O) groups is 3. The molecular formula is C16H27NO5S. The van der Waals surface area contributed by atoms with Crippen LogP contribution < -0.4 is 0 Å². The average molecular weight is 345 g/mol. The van der Waals surface area contributed by atoms with Gasteiger partial charge in [0.1, 0.15) is 6.04 Å². The van der Waals surface area contributed by atoms with Gasteiger partial charge in [-0.3, -0.25) is 9.59 Å².